The minimum absolute atomic E-state index is 0.266. The molecule has 1 N–H and O–H groups in total. The smallest absolute Gasteiger partial charge is 0.278 e. The lowest BCUT2D eigenvalue weighted by atomic mass is 10.1. The Balaban J connectivity index is 1.81. The van der Waals surface area contributed by atoms with Gasteiger partial charge in [0.1, 0.15) is 11.6 Å². The summed E-state index contributed by atoms with van der Waals surface area (Å²) in [5.74, 6) is -0.266. The van der Waals surface area contributed by atoms with E-state index in [2.05, 4.69) is 15.5 Å². The van der Waals surface area contributed by atoms with E-state index >= 15 is 0 Å². The first-order chi connectivity index (χ1) is 14.9. The number of aryl methyl sites for hydroxylation is 3. The molecule has 7 heteroatoms. The highest BCUT2D eigenvalue weighted by atomic mass is 16.2. The van der Waals surface area contributed by atoms with Gasteiger partial charge in [0, 0.05) is 5.69 Å². The predicted molar refractivity (Wildman–Crippen MR) is 122 cm³/mol. The van der Waals surface area contributed by atoms with Gasteiger partial charge in [0.2, 0.25) is 5.91 Å². The number of amides is 1. The lowest BCUT2D eigenvalue weighted by Gasteiger charge is -2.18. The highest BCUT2D eigenvalue weighted by Gasteiger charge is 2.25. The van der Waals surface area contributed by atoms with Crippen LogP contribution in [0.5, 0.6) is 0 Å². The third-order valence-electron chi connectivity index (χ3n) is 5.53. The van der Waals surface area contributed by atoms with Crippen molar-refractivity contribution in [3.8, 4) is 5.69 Å². The van der Waals surface area contributed by atoms with E-state index in [4.69, 9.17) is 0 Å². The van der Waals surface area contributed by atoms with E-state index in [0.29, 0.717) is 23.0 Å². The second-order valence-corrected chi connectivity index (χ2v) is 7.62. The lowest BCUT2D eigenvalue weighted by molar-refractivity contribution is -0.119. The van der Waals surface area contributed by atoms with Gasteiger partial charge in [-0.15, -0.1) is 0 Å². The highest BCUT2D eigenvalue weighted by molar-refractivity contribution is 5.94. The summed E-state index contributed by atoms with van der Waals surface area (Å²) in [5.41, 5.74) is 4.12. The van der Waals surface area contributed by atoms with E-state index in [9.17, 15) is 9.59 Å². The molecule has 4 aromatic rings. The van der Waals surface area contributed by atoms with Crippen LogP contribution in [0.3, 0.4) is 0 Å². The molecule has 0 saturated carbocycles. The van der Waals surface area contributed by atoms with Crippen molar-refractivity contribution in [3.63, 3.8) is 0 Å². The van der Waals surface area contributed by atoms with Crippen LogP contribution in [-0.4, -0.2) is 25.5 Å². The first kappa shape index (κ1) is 20.5. The standard InChI is InChI=1S/C24H25N5O2/c1-5-20(23(30)25-19-14-10-9-11-15(19)2)29-24(31)21-17(4)28(18-12-7-6-8-13-18)27-22(21)16(3)26-29/h6-14,20H,5H2,1-4H3,(H,25,30). The summed E-state index contributed by atoms with van der Waals surface area (Å²) in [5, 5.41) is 12.5. The summed E-state index contributed by atoms with van der Waals surface area (Å²) in [6.45, 7) is 7.47. The molecule has 2 heterocycles. The average Bonchev–Trinajstić information content (AvgIpc) is 3.12. The summed E-state index contributed by atoms with van der Waals surface area (Å²) in [7, 11) is 0. The molecule has 31 heavy (non-hydrogen) atoms. The van der Waals surface area contributed by atoms with Gasteiger partial charge in [0.15, 0.2) is 0 Å². The Labute approximate surface area is 180 Å². The zero-order valence-electron chi connectivity index (χ0n) is 18.1. The Morgan fingerprint density at radius 1 is 1.00 bits per heavy atom. The minimum atomic E-state index is -0.727. The molecule has 0 saturated heterocycles. The number of nitrogens with one attached hydrogen (secondary N) is 1. The maximum absolute atomic E-state index is 13.4. The maximum Gasteiger partial charge on any atom is 0.278 e. The fourth-order valence-electron chi connectivity index (χ4n) is 3.81. The number of benzene rings is 2. The van der Waals surface area contributed by atoms with Crippen LogP contribution in [0.25, 0.3) is 16.6 Å². The van der Waals surface area contributed by atoms with Crippen molar-refractivity contribution in [1.82, 2.24) is 19.6 Å². The monoisotopic (exact) mass is 415 g/mol. The molecule has 1 atom stereocenters. The molecule has 158 valence electrons. The zero-order valence-corrected chi connectivity index (χ0v) is 18.1. The molecule has 0 aliphatic heterocycles. The number of anilines is 1. The van der Waals surface area contributed by atoms with Crippen molar-refractivity contribution in [2.75, 3.05) is 5.32 Å². The van der Waals surface area contributed by atoms with Crippen LogP contribution in [0.2, 0.25) is 0 Å². The molecule has 1 amide bonds. The molecule has 7 nitrogen and oxygen atoms in total. The average molecular weight is 415 g/mol. The number of fused-ring (bicyclic) bond motifs is 1. The van der Waals surface area contributed by atoms with E-state index in [1.807, 2.05) is 82.3 Å². The summed E-state index contributed by atoms with van der Waals surface area (Å²) in [6.07, 6.45) is 0.432. The van der Waals surface area contributed by atoms with Crippen molar-refractivity contribution in [3.05, 3.63) is 81.9 Å². The van der Waals surface area contributed by atoms with E-state index in [0.717, 1.165) is 22.6 Å². The Morgan fingerprint density at radius 2 is 1.68 bits per heavy atom. The predicted octanol–water partition coefficient (Wildman–Crippen LogP) is 4.10. The third kappa shape index (κ3) is 3.63. The first-order valence-electron chi connectivity index (χ1n) is 10.3. The Morgan fingerprint density at radius 3 is 2.35 bits per heavy atom. The molecule has 0 radical (unpaired) electrons. The molecule has 0 aliphatic rings. The number of hydrogen-bond acceptors (Lipinski definition) is 4. The topological polar surface area (TPSA) is 81.8 Å². The number of aromatic nitrogens is 4. The van der Waals surface area contributed by atoms with Gasteiger partial charge in [-0.25, -0.2) is 9.36 Å². The van der Waals surface area contributed by atoms with Crippen molar-refractivity contribution in [2.24, 2.45) is 0 Å². The van der Waals surface area contributed by atoms with E-state index in [1.165, 1.54) is 4.68 Å². The number of para-hydroxylation sites is 2. The maximum atomic E-state index is 13.4. The SMILES string of the molecule is CCC(C(=O)Nc1ccccc1C)n1nc(C)c2nn(-c3ccccc3)c(C)c2c1=O. The summed E-state index contributed by atoms with van der Waals surface area (Å²) < 4.78 is 3.05. The van der Waals surface area contributed by atoms with Crippen molar-refractivity contribution >= 4 is 22.5 Å². The Kier molecular flexibility index (Phi) is 5.42. The molecule has 0 bridgehead atoms. The van der Waals surface area contributed by atoms with E-state index in [1.54, 1.807) is 4.68 Å². The molecular formula is C24H25N5O2. The van der Waals surface area contributed by atoms with Gasteiger partial charge >= 0.3 is 0 Å². The van der Waals surface area contributed by atoms with Gasteiger partial charge in [0.25, 0.3) is 5.56 Å². The van der Waals surface area contributed by atoms with Gasteiger partial charge in [-0.2, -0.15) is 10.2 Å². The summed E-state index contributed by atoms with van der Waals surface area (Å²) in [6, 6.07) is 16.5. The van der Waals surface area contributed by atoms with Gasteiger partial charge in [-0.05, 0) is 51.0 Å². The van der Waals surface area contributed by atoms with Crippen LogP contribution >= 0.6 is 0 Å². The highest BCUT2D eigenvalue weighted by Crippen LogP contribution is 2.22. The number of carbonyl (C=O) groups is 1. The second kappa shape index (κ2) is 8.18. The second-order valence-electron chi connectivity index (χ2n) is 7.62. The molecule has 1 unspecified atom stereocenters. The number of hydrogen-bond donors (Lipinski definition) is 1. The molecule has 0 aliphatic carbocycles. The molecule has 2 aromatic carbocycles. The number of rotatable bonds is 5. The van der Waals surface area contributed by atoms with Crippen molar-refractivity contribution in [2.45, 2.75) is 40.2 Å². The number of nitrogens with zero attached hydrogens (tertiary/aromatic N) is 4. The van der Waals surface area contributed by atoms with Gasteiger partial charge in [0.05, 0.1) is 22.5 Å². The molecule has 0 spiro atoms. The lowest BCUT2D eigenvalue weighted by Crippen LogP contribution is -2.35. The van der Waals surface area contributed by atoms with Gasteiger partial charge < -0.3 is 5.32 Å². The normalized spacial score (nSPS) is 12.1. The van der Waals surface area contributed by atoms with Crippen LogP contribution in [0.4, 0.5) is 5.69 Å². The van der Waals surface area contributed by atoms with Crippen LogP contribution in [0.1, 0.15) is 36.3 Å². The van der Waals surface area contributed by atoms with E-state index in [-0.39, 0.29) is 11.5 Å². The first-order valence-corrected chi connectivity index (χ1v) is 10.3. The van der Waals surface area contributed by atoms with E-state index < -0.39 is 6.04 Å². The number of carbonyl (C=O) groups excluding carboxylic acids is 1. The quantitative estimate of drug-likeness (QED) is 0.532. The van der Waals surface area contributed by atoms with Crippen molar-refractivity contribution in [1.29, 1.82) is 0 Å². The fourth-order valence-corrected chi connectivity index (χ4v) is 3.81. The largest absolute Gasteiger partial charge is 0.324 e. The summed E-state index contributed by atoms with van der Waals surface area (Å²) >= 11 is 0. The molecular weight excluding hydrogens is 390 g/mol. The fraction of sp³-hybridized carbons (Fsp3) is 0.250. The van der Waals surface area contributed by atoms with Crippen LogP contribution in [0.15, 0.2) is 59.4 Å². The zero-order chi connectivity index (χ0) is 22.1. The van der Waals surface area contributed by atoms with Gasteiger partial charge in [-0.3, -0.25) is 9.59 Å². The van der Waals surface area contributed by atoms with Crippen LogP contribution in [-0.2, 0) is 4.79 Å². The third-order valence-corrected chi connectivity index (χ3v) is 5.53. The van der Waals surface area contributed by atoms with Crippen LogP contribution < -0.4 is 10.9 Å². The Bertz CT molecular complexity index is 1320. The van der Waals surface area contributed by atoms with Crippen molar-refractivity contribution < 1.29 is 4.79 Å². The van der Waals surface area contributed by atoms with Gasteiger partial charge in [-0.1, -0.05) is 43.3 Å². The Hall–Kier alpha value is -3.74. The molecule has 2 aromatic heterocycles. The van der Waals surface area contributed by atoms with Crippen LogP contribution in [0, 0.1) is 20.8 Å². The minimum Gasteiger partial charge on any atom is -0.324 e. The molecule has 0 fully saturated rings. The molecule has 4 rings (SSSR count). The summed E-state index contributed by atoms with van der Waals surface area (Å²) in [4.78, 5) is 26.5.